The molecule has 0 spiro atoms. The molecule has 7 nitrogen and oxygen atoms in total. The third kappa shape index (κ3) is 5.57. The molecular formula is C21H26N6O. The summed E-state index contributed by atoms with van der Waals surface area (Å²) in [5, 5.41) is 10.8. The van der Waals surface area contributed by atoms with Crippen molar-refractivity contribution < 1.29 is 4.74 Å². The van der Waals surface area contributed by atoms with E-state index in [2.05, 4.69) is 25.7 Å². The highest BCUT2D eigenvalue weighted by Gasteiger charge is 2.06. The summed E-state index contributed by atoms with van der Waals surface area (Å²) in [7, 11) is 1.92. The average molecular weight is 378 g/mol. The molecule has 0 radical (unpaired) electrons. The molecule has 1 aromatic carbocycles. The van der Waals surface area contributed by atoms with E-state index < -0.39 is 0 Å². The number of benzene rings is 1. The lowest BCUT2D eigenvalue weighted by atomic mass is 10.2. The number of nitrogens with zero attached hydrogens (tertiary/aromatic N) is 4. The van der Waals surface area contributed by atoms with Crippen LogP contribution in [0.15, 0.2) is 65.9 Å². The molecule has 0 aliphatic carbocycles. The number of hydrogen-bond acceptors (Lipinski definition) is 4. The molecule has 0 saturated carbocycles. The zero-order chi connectivity index (χ0) is 19.6. The molecule has 0 saturated heterocycles. The van der Waals surface area contributed by atoms with Gasteiger partial charge in [0.2, 0.25) is 5.88 Å². The number of aromatic nitrogens is 3. The number of hydrogen-bond donors (Lipinski definition) is 2. The minimum absolute atomic E-state index is 0.471. The zero-order valence-corrected chi connectivity index (χ0v) is 16.3. The fraction of sp³-hybridized carbons (Fsp3) is 0.286. The Kier molecular flexibility index (Phi) is 7.01. The van der Waals surface area contributed by atoms with Crippen molar-refractivity contribution in [3.63, 3.8) is 0 Å². The molecule has 2 N–H and O–H groups in total. The Bertz CT molecular complexity index is 891. The molecule has 0 fully saturated rings. The van der Waals surface area contributed by atoms with Crippen molar-refractivity contribution in [3.8, 4) is 5.88 Å². The van der Waals surface area contributed by atoms with E-state index in [9.17, 15) is 0 Å². The van der Waals surface area contributed by atoms with Crippen molar-refractivity contribution in [3.05, 3.63) is 77.7 Å². The first-order chi connectivity index (χ1) is 13.8. The van der Waals surface area contributed by atoms with Gasteiger partial charge in [-0.3, -0.25) is 4.68 Å². The lowest BCUT2D eigenvalue weighted by Crippen LogP contribution is -2.37. The highest BCUT2D eigenvalue weighted by Crippen LogP contribution is 2.17. The summed E-state index contributed by atoms with van der Waals surface area (Å²) in [4.78, 5) is 9.05. The Balaban J connectivity index is 1.64. The van der Waals surface area contributed by atoms with E-state index in [1.807, 2.05) is 67.2 Å². The van der Waals surface area contributed by atoms with Crippen molar-refractivity contribution in [1.29, 1.82) is 0 Å². The molecule has 0 aliphatic rings. The summed E-state index contributed by atoms with van der Waals surface area (Å²) >= 11 is 0. The number of nitrogens with one attached hydrogen (secondary N) is 2. The van der Waals surface area contributed by atoms with Crippen molar-refractivity contribution in [2.75, 3.05) is 6.54 Å². The van der Waals surface area contributed by atoms with Crippen molar-refractivity contribution in [2.24, 2.45) is 12.0 Å². The molecule has 28 heavy (non-hydrogen) atoms. The molecule has 0 aliphatic heterocycles. The van der Waals surface area contributed by atoms with Crippen LogP contribution in [0.4, 0.5) is 0 Å². The molecule has 0 atom stereocenters. The van der Waals surface area contributed by atoms with Crippen LogP contribution in [0.5, 0.6) is 5.88 Å². The number of aliphatic imine (C=N–C) groups is 1. The van der Waals surface area contributed by atoms with Crippen LogP contribution in [0, 0.1) is 0 Å². The number of rotatable bonds is 8. The second-order valence-corrected chi connectivity index (χ2v) is 6.24. The molecule has 2 heterocycles. The van der Waals surface area contributed by atoms with Crippen LogP contribution in [-0.4, -0.2) is 27.3 Å². The normalized spacial score (nSPS) is 11.3. The zero-order valence-electron chi connectivity index (χ0n) is 16.3. The highest BCUT2D eigenvalue weighted by atomic mass is 16.5. The maximum absolute atomic E-state index is 5.92. The van der Waals surface area contributed by atoms with E-state index >= 15 is 0 Å². The summed E-state index contributed by atoms with van der Waals surface area (Å²) in [5.74, 6) is 1.35. The average Bonchev–Trinajstić information content (AvgIpc) is 3.14. The fourth-order valence-corrected chi connectivity index (χ4v) is 2.66. The summed E-state index contributed by atoms with van der Waals surface area (Å²) < 4.78 is 7.76. The smallest absolute Gasteiger partial charge is 0.218 e. The van der Waals surface area contributed by atoms with Gasteiger partial charge >= 0.3 is 0 Å². The van der Waals surface area contributed by atoms with Gasteiger partial charge in [-0.05, 0) is 24.6 Å². The molecule has 0 unspecified atom stereocenters. The van der Waals surface area contributed by atoms with E-state index in [0.717, 1.165) is 29.3 Å². The molecule has 3 rings (SSSR count). The van der Waals surface area contributed by atoms with Crippen LogP contribution in [0.1, 0.15) is 23.7 Å². The van der Waals surface area contributed by atoms with Gasteiger partial charge in [0.25, 0.3) is 0 Å². The first-order valence-electron chi connectivity index (χ1n) is 9.36. The Morgan fingerprint density at radius 1 is 1.07 bits per heavy atom. The second-order valence-electron chi connectivity index (χ2n) is 6.24. The van der Waals surface area contributed by atoms with Crippen LogP contribution < -0.4 is 15.4 Å². The number of guanidine groups is 1. The van der Waals surface area contributed by atoms with E-state index in [1.165, 1.54) is 0 Å². The highest BCUT2D eigenvalue weighted by molar-refractivity contribution is 5.79. The third-order valence-corrected chi connectivity index (χ3v) is 4.18. The van der Waals surface area contributed by atoms with Crippen LogP contribution in [0.25, 0.3) is 0 Å². The predicted octanol–water partition coefficient (Wildman–Crippen LogP) is 2.65. The molecular weight excluding hydrogens is 352 g/mol. The van der Waals surface area contributed by atoms with Crippen LogP contribution >= 0.6 is 0 Å². The fourth-order valence-electron chi connectivity index (χ4n) is 2.66. The minimum atomic E-state index is 0.471. The van der Waals surface area contributed by atoms with Gasteiger partial charge in [0.1, 0.15) is 6.61 Å². The molecule has 2 aromatic heterocycles. The van der Waals surface area contributed by atoms with Crippen LogP contribution in [-0.2, 0) is 26.7 Å². The maximum Gasteiger partial charge on any atom is 0.218 e. The van der Waals surface area contributed by atoms with Gasteiger partial charge in [-0.15, -0.1) is 0 Å². The van der Waals surface area contributed by atoms with Gasteiger partial charge in [0.15, 0.2) is 5.96 Å². The minimum Gasteiger partial charge on any atom is -0.473 e. The van der Waals surface area contributed by atoms with Gasteiger partial charge in [-0.25, -0.2) is 9.98 Å². The number of pyridine rings is 1. The Morgan fingerprint density at radius 2 is 1.93 bits per heavy atom. The predicted molar refractivity (Wildman–Crippen MR) is 110 cm³/mol. The largest absolute Gasteiger partial charge is 0.473 e. The van der Waals surface area contributed by atoms with E-state index in [1.54, 1.807) is 12.4 Å². The summed E-state index contributed by atoms with van der Waals surface area (Å²) in [6, 6.07) is 15.9. The monoisotopic (exact) mass is 378 g/mol. The second kappa shape index (κ2) is 10.1. The lowest BCUT2D eigenvalue weighted by Gasteiger charge is -2.12. The summed E-state index contributed by atoms with van der Waals surface area (Å²) in [5.41, 5.74) is 3.13. The van der Waals surface area contributed by atoms with E-state index in [0.29, 0.717) is 25.6 Å². The Labute approximate surface area is 165 Å². The third-order valence-electron chi connectivity index (χ3n) is 4.18. The topological polar surface area (TPSA) is 76.4 Å². The first-order valence-corrected chi connectivity index (χ1v) is 9.36. The molecule has 0 bridgehead atoms. The quantitative estimate of drug-likeness (QED) is 0.466. The van der Waals surface area contributed by atoms with Gasteiger partial charge in [-0.1, -0.05) is 36.4 Å². The van der Waals surface area contributed by atoms with Gasteiger partial charge in [0, 0.05) is 31.5 Å². The SMILES string of the molecule is CCNC(=NCc1cccnc1OCc1ccccc1)NCc1ccnn1C. The first kappa shape index (κ1) is 19.4. The van der Waals surface area contributed by atoms with Gasteiger partial charge < -0.3 is 15.4 Å². The summed E-state index contributed by atoms with van der Waals surface area (Å²) in [6.07, 6.45) is 3.52. The number of aryl methyl sites for hydroxylation is 1. The van der Waals surface area contributed by atoms with Gasteiger partial charge in [-0.2, -0.15) is 5.10 Å². The van der Waals surface area contributed by atoms with E-state index in [-0.39, 0.29) is 0 Å². The number of ether oxygens (including phenoxy) is 1. The van der Waals surface area contributed by atoms with Crippen LogP contribution in [0.2, 0.25) is 0 Å². The standard InChI is InChI=1S/C21H26N6O/c1-3-22-21(25-15-19-11-13-26-27(19)2)24-14-18-10-7-12-23-20(18)28-16-17-8-5-4-6-9-17/h4-13H,3,14-16H2,1-2H3,(H2,22,24,25). The van der Waals surface area contributed by atoms with Crippen molar-refractivity contribution >= 4 is 5.96 Å². The lowest BCUT2D eigenvalue weighted by molar-refractivity contribution is 0.290. The van der Waals surface area contributed by atoms with Gasteiger partial charge in [0.05, 0.1) is 18.8 Å². The van der Waals surface area contributed by atoms with Crippen LogP contribution in [0.3, 0.4) is 0 Å². The summed E-state index contributed by atoms with van der Waals surface area (Å²) in [6.45, 7) is 4.42. The Morgan fingerprint density at radius 3 is 2.68 bits per heavy atom. The maximum atomic E-state index is 5.92. The molecule has 146 valence electrons. The molecule has 3 aromatic rings. The van der Waals surface area contributed by atoms with Crippen molar-refractivity contribution in [2.45, 2.75) is 26.6 Å². The van der Waals surface area contributed by atoms with E-state index in [4.69, 9.17) is 4.74 Å². The Hall–Kier alpha value is -3.35. The molecule has 0 amide bonds. The molecule has 7 heteroatoms. The van der Waals surface area contributed by atoms with Crippen molar-refractivity contribution in [1.82, 2.24) is 25.4 Å².